The highest BCUT2D eigenvalue weighted by Gasteiger charge is 2.52. The normalized spacial score (nSPS) is 18.9. The molecule has 1 aliphatic rings. The summed E-state index contributed by atoms with van der Waals surface area (Å²) in [5.74, 6) is 0.236. The van der Waals surface area contributed by atoms with Crippen molar-refractivity contribution < 1.29 is 27.8 Å². The molecule has 2 atom stereocenters. The second kappa shape index (κ2) is 6.91. The SMILES string of the molecule is COc1cc2c(cc1Br)CC(Cc1ccc(C(C)(O)C(F)(F)F)nc1)C2=O. The van der Waals surface area contributed by atoms with E-state index in [2.05, 4.69) is 20.9 Å². The maximum atomic E-state index is 12.9. The standard InChI is InChI=1S/C19H17BrF3NO3/c1-18(26,19(21,22)23)16-4-3-10(9-24-16)5-12-6-11-7-14(20)15(27-2)8-13(11)17(12)25/h3-4,7-9,12,26H,5-6H2,1-2H3. The first kappa shape index (κ1) is 19.8. The zero-order chi connectivity index (χ0) is 20.0. The molecule has 3 rings (SSSR count). The number of ketones is 1. The third kappa shape index (κ3) is 3.60. The average molecular weight is 444 g/mol. The molecule has 0 saturated heterocycles. The van der Waals surface area contributed by atoms with Gasteiger partial charge in [0.05, 0.1) is 17.3 Å². The molecule has 1 heterocycles. The van der Waals surface area contributed by atoms with Crippen molar-refractivity contribution in [2.75, 3.05) is 7.11 Å². The van der Waals surface area contributed by atoms with Crippen molar-refractivity contribution in [2.45, 2.75) is 31.5 Å². The summed E-state index contributed by atoms with van der Waals surface area (Å²) in [5.41, 5.74) is -1.36. The fourth-order valence-corrected chi connectivity index (χ4v) is 3.71. The first-order valence-electron chi connectivity index (χ1n) is 8.19. The number of benzene rings is 1. The number of aromatic nitrogens is 1. The Labute approximate surface area is 162 Å². The Morgan fingerprint density at radius 3 is 2.59 bits per heavy atom. The minimum atomic E-state index is -4.82. The van der Waals surface area contributed by atoms with Gasteiger partial charge in [-0.05, 0) is 65.0 Å². The number of Topliss-reactive ketones (excluding diaryl/α,β-unsaturated/α-hetero) is 1. The maximum absolute atomic E-state index is 12.9. The molecular weight excluding hydrogens is 427 g/mol. The minimum Gasteiger partial charge on any atom is -0.496 e. The summed E-state index contributed by atoms with van der Waals surface area (Å²) in [4.78, 5) is 16.4. The number of carbonyl (C=O) groups is 1. The summed E-state index contributed by atoms with van der Waals surface area (Å²) in [6, 6.07) is 6.17. The molecule has 0 fully saturated rings. The lowest BCUT2D eigenvalue weighted by Crippen LogP contribution is -2.40. The fraction of sp³-hybridized carbons (Fsp3) is 0.368. The molecule has 8 heteroatoms. The van der Waals surface area contributed by atoms with E-state index >= 15 is 0 Å². The van der Waals surface area contributed by atoms with Crippen LogP contribution in [0.1, 0.15) is 34.1 Å². The summed E-state index contributed by atoms with van der Waals surface area (Å²) in [6.07, 6.45) is -2.65. The second-order valence-corrected chi connectivity index (χ2v) is 7.59. The van der Waals surface area contributed by atoms with Gasteiger partial charge < -0.3 is 9.84 Å². The molecule has 0 saturated carbocycles. The summed E-state index contributed by atoms with van der Waals surface area (Å²) >= 11 is 3.40. The van der Waals surface area contributed by atoms with Crippen LogP contribution in [-0.4, -0.2) is 29.2 Å². The molecule has 2 unspecified atom stereocenters. The third-order valence-corrected chi connectivity index (χ3v) is 5.46. The van der Waals surface area contributed by atoms with Crippen LogP contribution in [0.25, 0.3) is 0 Å². The number of alkyl halides is 3. The summed E-state index contributed by atoms with van der Waals surface area (Å²) in [5, 5.41) is 9.68. The van der Waals surface area contributed by atoms with E-state index in [1.54, 1.807) is 6.07 Å². The van der Waals surface area contributed by atoms with E-state index in [1.165, 1.54) is 19.4 Å². The van der Waals surface area contributed by atoms with Gasteiger partial charge in [0.2, 0.25) is 0 Å². The van der Waals surface area contributed by atoms with Gasteiger partial charge in [-0.25, -0.2) is 0 Å². The van der Waals surface area contributed by atoms with Crippen molar-refractivity contribution in [3.63, 3.8) is 0 Å². The van der Waals surface area contributed by atoms with Crippen LogP contribution in [0.15, 0.2) is 34.9 Å². The molecule has 0 bridgehead atoms. The maximum Gasteiger partial charge on any atom is 0.422 e. The fourth-order valence-electron chi connectivity index (χ4n) is 3.16. The molecule has 144 valence electrons. The van der Waals surface area contributed by atoms with Gasteiger partial charge in [0.25, 0.3) is 0 Å². The summed E-state index contributed by atoms with van der Waals surface area (Å²) in [7, 11) is 1.52. The first-order chi connectivity index (χ1) is 12.5. The van der Waals surface area contributed by atoms with Gasteiger partial charge in [-0.2, -0.15) is 13.2 Å². The monoisotopic (exact) mass is 443 g/mol. The molecule has 0 amide bonds. The number of rotatable bonds is 4. The molecule has 27 heavy (non-hydrogen) atoms. The van der Waals surface area contributed by atoms with Crippen molar-refractivity contribution in [1.82, 2.24) is 4.98 Å². The lowest BCUT2D eigenvalue weighted by Gasteiger charge is -2.25. The Kier molecular flexibility index (Phi) is 5.07. The number of carbonyl (C=O) groups excluding carboxylic acids is 1. The zero-order valence-corrected chi connectivity index (χ0v) is 16.2. The van der Waals surface area contributed by atoms with Crippen LogP contribution in [0.2, 0.25) is 0 Å². The van der Waals surface area contributed by atoms with Crippen LogP contribution < -0.4 is 4.74 Å². The van der Waals surface area contributed by atoms with E-state index in [4.69, 9.17) is 4.74 Å². The Morgan fingerprint density at radius 2 is 2.04 bits per heavy atom. The van der Waals surface area contributed by atoms with E-state index in [-0.39, 0.29) is 11.7 Å². The van der Waals surface area contributed by atoms with Crippen molar-refractivity contribution in [2.24, 2.45) is 5.92 Å². The Balaban J connectivity index is 1.78. The third-order valence-electron chi connectivity index (χ3n) is 4.84. The number of hydrogen-bond donors (Lipinski definition) is 1. The molecule has 0 aliphatic heterocycles. The lowest BCUT2D eigenvalue weighted by atomic mass is 9.95. The molecule has 1 aromatic carbocycles. The number of ether oxygens (including phenoxy) is 1. The van der Waals surface area contributed by atoms with Crippen molar-refractivity contribution in [3.05, 3.63) is 57.3 Å². The number of aliphatic hydroxyl groups is 1. The Hall–Kier alpha value is -1.93. The molecule has 0 spiro atoms. The van der Waals surface area contributed by atoms with Gasteiger partial charge in [0.15, 0.2) is 11.4 Å². The largest absolute Gasteiger partial charge is 0.496 e. The lowest BCUT2D eigenvalue weighted by molar-refractivity contribution is -0.260. The highest BCUT2D eigenvalue weighted by atomic mass is 79.9. The van der Waals surface area contributed by atoms with Crippen LogP contribution in [-0.2, 0) is 18.4 Å². The minimum absolute atomic E-state index is 0.0258. The smallest absolute Gasteiger partial charge is 0.422 e. The summed E-state index contributed by atoms with van der Waals surface area (Å²) < 4.78 is 44.7. The number of methoxy groups -OCH3 is 1. The number of hydrogen-bond acceptors (Lipinski definition) is 4. The van der Waals surface area contributed by atoms with E-state index in [0.717, 1.165) is 16.1 Å². The van der Waals surface area contributed by atoms with Gasteiger partial charge in [-0.1, -0.05) is 6.07 Å². The van der Waals surface area contributed by atoms with Crippen molar-refractivity contribution in [3.8, 4) is 5.75 Å². The predicted molar refractivity (Wildman–Crippen MR) is 95.8 cm³/mol. The molecular formula is C19H17BrF3NO3. The van der Waals surface area contributed by atoms with Gasteiger partial charge >= 0.3 is 6.18 Å². The Bertz CT molecular complexity index is 879. The zero-order valence-electron chi connectivity index (χ0n) is 14.6. The molecule has 1 aliphatic carbocycles. The molecule has 1 aromatic heterocycles. The number of halogens is 4. The van der Waals surface area contributed by atoms with Gasteiger partial charge in [-0.15, -0.1) is 0 Å². The molecule has 4 nitrogen and oxygen atoms in total. The number of fused-ring (bicyclic) bond motifs is 1. The highest BCUT2D eigenvalue weighted by Crippen LogP contribution is 2.38. The van der Waals surface area contributed by atoms with Gasteiger partial charge in [-0.3, -0.25) is 9.78 Å². The number of pyridine rings is 1. The average Bonchev–Trinajstić information content (AvgIpc) is 2.88. The molecule has 2 aromatic rings. The van der Waals surface area contributed by atoms with Crippen LogP contribution in [0.3, 0.4) is 0 Å². The topological polar surface area (TPSA) is 59.4 Å². The van der Waals surface area contributed by atoms with E-state index in [9.17, 15) is 23.1 Å². The molecule has 0 radical (unpaired) electrons. The number of nitrogens with zero attached hydrogens (tertiary/aromatic N) is 1. The molecule has 1 N–H and O–H groups in total. The van der Waals surface area contributed by atoms with Crippen LogP contribution in [0.4, 0.5) is 13.2 Å². The van der Waals surface area contributed by atoms with Crippen molar-refractivity contribution >= 4 is 21.7 Å². The highest BCUT2D eigenvalue weighted by molar-refractivity contribution is 9.10. The van der Waals surface area contributed by atoms with E-state index < -0.39 is 17.5 Å². The van der Waals surface area contributed by atoms with Gasteiger partial charge in [0, 0.05) is 17.7 Å². The second-order valence-electron chi connectivity index (χ2n) is 6.73. The quantitative estimate of drug-likeness (QED) is 0.768. The Morgan fingerprint density at radius 1 is 1.33 bits per heavy atom. The van der Waals surface area contributed by atoms with Crippen molar-refractivity contribution in [1.29, 1.82) is 0 Å². The first-order valence-corrected chi connectivity index (χ1v) is 8.99. The summed E-state index contributed by atoms with van der Waals surface area (Å²) in [6.45, 7) is 0.664. The van der Waals surface area contributed by atoms with E-state index in [1.807, 2.05) is 6.07 Å². The van der Waals surface area contributed by atoms with Crippen LogP contribution in [0.5, 0.6) is 5.75 Å². The van der Waals surface area contributed by atoms with Crippen LogP contribution >= 0.6 is 15.9 Å². The van der Waals surface area contributed by atoms with E-state index in [0.29, 0.717) is 36.6 Å². The predicted octanol–water partition coefficient (Wildman–Crippen LogP) is 4.22. The van der Waals surface area contributed by atoms with Gasteiger partial charge in [0.1, 0.15) is 5.75 Å². The van der Waals surface area contributed by atoms with Crippen LogP contribution in [0, 0.1) is 5.92 Å².